The van der Waals surface area contributed by atoms with Crippen LogP contribution in [-0.2, 0) is 4.79 Å². The summed E-state index contributed by atoms with van der Waals surface area (Å²) in [5.41, 5.74) is 0.887. The maximum absolute atomic E-state index is 11.9. The van der Waals surface area contributed by atoms with Gasteiger partial charge in [-0.3, -0.25) is 9.69 Å². The van der Waals surface area contributed by atoms with Gasteiger partial charge in [-0.05, 0) is 52.1 Å². The summed E-state index contributed by atoms with van der Waals surface area (Å²) in [5.74, 6) is -0.0692. The molecule has 0 atom stereocenters. The summed E-state index contributed by atoms with van der Waals surface area (Å²) in [5, 5.41) is 20.9. The minimum Gasteiger partial charge on any atom is -0.394 e. The normalized spacial score (nSPS) is 11.2. The largest absolute Gasteiger partial charge is 0.394 e. The SMILES string of the molecule is CN(CCCC(=O)Nc1cccc(C#N)c1)C(C)(C)CO. The number of nitrogens with one attached hydrogen (secondary N) is 1. The van der Waals surface area contributed by atoms with Crippen LogP contribution >= 0.6 is 0 Å². The molecule has 1 aromatic carbocycles. The highest BCUT2D eigenvalue weighted by Crippen LogP contribution is 2.13. The molecular weight excluding hydrogens is 266 g/mol. The fourth-order valence-electron chi connectivity index (χ4n) is 1.79. The van der Waals surface area contributed by atoms with E-state index in [1.165, 1.54) is 0 Å². The Morgan fingerprint density at radius 1 is 1.48 bits per heavy atom. The topological polar surface area (TPSA) is 76.4 Å². The third-order valence-electron chi connectivity index (χ3n) is 3.59. The molecule has 5 nitrogen and oxygen atoms in total. The number of carbonyl (C=O) groups excluding carboxylic acids is 1. The van der Waals surface area contributed by atoms with Crippen LogP contribution in [0.15, 0.2) is 24.3 Å². The first-order chi connectivity index (χ1) is 9.89. The number of rotatable bonds is 7. The molecule has 0 fully saturated rings. The molecule has 0 aromatic heterocycles. The highest BCUT2D eigenvalue weighted by atomic mass is 16.3. The van der Waals surface area contributed by atoms with Crippen molar-refractivity contribution in [2.24, 2.45) is 0 Å². The first kappa shape index (κ1) is 17.2. The third-order valence-corrected chi connectivity index (χ3v) is 3.59. The van der Waals surface area contributed by atoms with Crippen molar-refractivity contribution in [3.05, 3.63) is 29.8 Å². The van der Waals surface area contributed by atoms with Crippen molar-refractivity contribution >= 4 is 11.6 Å². The van der Waals surface area contributed by atoms with Crippen LogP contribution in [0.4, 0.5) is 5.69 Å². The van der Waals surface area contributed by atoms with E-state index in [4.69, 9.17) is 5.26 Å². The Bertz CT molecular complexity index is 520. The number of aliphatic hydroxyl groups is 1. The van der Waals surface area contributed by atoms with Gasteiger partial charge in [-0.1, -0.05) is 6.07 Å². The van der Waals surface area contributed by atoms with Crippen molar-refractivity contribution in [1.29, 1.82) is 5.26 Å². The molecule has 114 valence electrons. The predicted molar refractivity (Wildman–Crippen MR) is 82.8 cm³/mol. The fraction of sp³-hybridized carbons (Fsp3) is 0.500. The van der Waals surface area contributed by atoms with E-state index in [1.54, 1.807) is 24.3 Å². The van der Waals surface area contributed by atoms with Crippen LogP contribution < -0.4 is 5.32 Å². The standard InChI is InChI=1S/C16H23N3O2/c1-16(2,12-20)19(3)9-5-8-15(21)18-14-7-4-6-13(10-14)11-17/h4,6-7,10,20H,5,8-9,12H2,1-3H3,(H,18,21). The van der Waals surface area contributed by atoms with Gasteiger partial charge in [0, 0.05) is 17.6 Å². The van der Waals surface area contributed by atoms with Gasteiger partial charge in [0.2, 0.25) is 5.91 Å². The molecule has 0 radical (unpaired) electrons. The van der Waals surface area contributed by atoms with E-state index >= 15 is 0 Å². The lowest BCUT2D eigenvalue weighted by Gasteiger charge is -2.33. The van der Waals surface area contributed by atoms with Crippen LogP contribution in [0.5, 0.6) is 0 Å². The van der Waals surface area contributed by atoms with Crippen LogP contribution in [0.1, 0.15) is 32.3 Å². The number of likely N-dealkylation sites (N-methyl/N-ethyl adjacent to an activating group) is 1. The monoisotopic (exact) mass is 289 g/mol. The predicted octanol–water partition coefficient (Wildman–Crippen LogP) is 1.98. The molecule has 1 amide bonds. The highest BCUT2D eigenvalue weighted by Gasteiger charge is 2.21. The van der Waals surface area contributed by atoms with Gasteiger partial charge < -0.3 is 10.4 Å². The molecule has 0 spiro atoms. The molecule has 5 heteroatoms. The second-order valence-corrected chi connectivity index (χ2v) is 5.74. The summed E-state index contributed by atoms with van der Waals surface area (Å²) in [6.07, 6.45) is 1.12. The fourth-order valence-corrected chi connectivity index (χ4v) is 1.79. The van der Waals surface area contributed by atoms with E-state index in [0.29, 0.717) is 24.1 Å². The molecule has 0 saturated carbocycles. The van der Waals surface area contributed by atoms with Gasteiger partial charge in [-0.2, -0.15) is 5.26 Å². The number of hydrogen-bond donors (Lipinski definition) is 2. The van der Waals surface area contributed by atoms with Gasteiger partial charge in [0.1, 0.15) is 0 Å². The molecular formula is C16H23N3O2. The van der Waals surface area contributed by atoms with Gasteiger partial charge in [0.15, 0.2) is 0 Å². The Labute approximate surface area is 126 Å². The average Bonchev–Trinajstić information content (AvgIpc) is 2.47. The summed E-state index contributed by atoms with van der Waals surface area (Å²) >= 11 is 0. The molecule has 0 aliphatic rings. The van der Waals surface area contributed by atoms with E-state index in [9.17, 15) is 9.90 Å². The molecule has 21 heavy (non-hydrogen) atoms. The van der Waals surface area contributed by atoms with Crippen LogP contribution in [0, 0.1) is 11.3 Å². The average molecular weight is 289 g/mol. The maximum atomic E-state index is 11.9. The van der Waals surface area contributed by atoms with Crippen LogP contribution in [0.2, 0.25) is 0 Å². The zero-order valence-electron chi connectivity index (χ0n) is 12.9. The number of aliphatic hydroxyl groups excluding tert-OH is 1. The van der Waals surface area contributed by atoms with Crippen LogP contribution in [-0.4, -0.2) is 41.7 Å². The summed E-state index contributed by atoms with van der Waals surface area (Å²) in [6.45, 7) is 4.73. The lowest BCUT2D eigenvalue weighted by molar-refractivity contribution is -0.116. The van der Waals surface area contributed by atoms with E-state index in [1.807, 2.05) is 31.9 Å². The highest BCUT2D eigenvalue weighted by molar-refractivity contribution is 5.90. The lowest BCUT2D eigenvalue weighted by atomic mass is 10.0. The lowest BCUT2D eigenvalue weighted by Crippen LogP contribution is -2.44. The van der Waals surface area contributed by atoms with Crippen LogP contribution in [0.25, 0.3) is 0 Å². The number of amides is 1. The summed E-state index contributed by atoms with van der Waals surface area (Å²) in [7, 11) is 1.94. The number of nitriles is 1. The second kappa shape index (κ2) is 7.77. The Hall–Kier alpha value is -1.90. The molecule has 0 heterocycles. The van der Waals surface area contributed by atoms with Gasteiger partial charge in [0.25, 0.3) is 0 Å². The molecule has 0 aliphatic carbocycles. The summed E-state index contributed by atoms with van der Waals surface area (Å²) in [4.78, 5) is 13.9. The van der Waals surface area contributed by atoms with Gasteiger partial charge in [0.05, 0.1) is 18.2 Å². The number of hydrogen-bond acceptors (Lipinski definition) is 4. The Morgan fingerprint density at radius 3 is 2.81 bits per heavy atom. The van der Waals surface area contributed by atoms with E-state index < -0.39 is 0 Å². The first-order valence-corrected chi connectivity index (χ1v) is 7.01. The number of nitrogens with zero attached hydrogens (tertiary/aromatic N) is 2. The van der Waals surface area contributed by atoms with E-state index in [-0.39, 0.29) is 18.1 Å². The summed E-state index contributed by atoms with van der Waals surface area (Å²) < 4.78 is 0. The van der Waals surface area contributed by atoms with Crippen molar-refractivity contribution < 1.29 is 9.90 Å². The third kappa shape index (κ3) is 5.54. The second-order valence-electron chi connectivity index (χ2n) is 5.74. The first-order valence-electron chi connectivity index (χ1n) is 7.01. The van der Waals surface area contributed by atoms with Gasteiger partial charge >= 0.3 is 0 Å². The van der Waals surface area contributed by atoms with E-state index in [0.717, 1.165) is 6.54 Å². The summed E-state index contributed by atoms with van der Waals surface area (Å²) in [6, 6.07) is 8.89. The zero-order valence-corrected chi connectivity index (χ0v) is 12.9. The van der Waals surface area contributed by atoms with Crippen molar-refractivity contribution in [1.82, 2.24) is 4.90 Å². The van der Waals surface area contributed by atoms with Crippen LogP contribution in [0.3, 0.4) is 0 Å². The van der Waals surface area contributed by atoms with Gasteiger partial charge in [-0.15, -0.1) is 0 Å². The molecule has 1 rings (SSSR count). The molecule has 0 aliphatic heterocycles. The van der Waals surface area contributed by atoms with Crippen molar-refractivity contribution in [2.75, 3.05) is 25.5 Å². The minimum absolute atomic E-state index is 0.0692. The van der Waals surface area contributed by atoms with Gasteiger partial charge in [-0.25, -0.2) is 0 Å². The van der Waals surface area contributed by atoms with Crippen molar-refractivity contribution in [3.8, 4) is 6.07 Å². The maximum Gasteiger partial charge on any atom is 0.224 e. The quantitative estimate of drug-likeness (QED) is 0.804. The number of carbonyl (C=O) groups is 1. The zero-order chi connectivity index (χ0) is 15.9. The Balaban J connectivity index is 2.40. The molecule has 2 N–H and O–H groups in total. The minimum atomic E-state index is -0.280. The number of anilines is 1. The molecule has 0 saturated heterocycles. The van der Waals surface area contributed by atoms with Crippen molar-refractivity contribution in [2.45, 2.75) is 32.2 Å². The number of benzene rings is 1. The molecule has 0 bridgehead atoms. The Kier molecular flexibility index (Phi) is 6.35. The van der Waals surface area contributed by atoms with Crippen molar-refractivity contribution in [3.63, 3.8) is 0 Å². The molecule has 1 aromatic rings. The molecule has 0 unspecified atom stereocenters. The Morgan fingerprint density at radius 2 is 2.19 bits per heavy atom. The smallest absolute Gasteiger partial charge is 0.224 e. The van der Waals surface area contributed by atoms with E-state index in [2.05, 4.69) is 5.32 Å².